The highest BCUT2D eigenvalue weighted by atomic mass is 127. The number of halogens is 1. The monoisotopic (exact) mass is 432 g/mol. The van der Waals surface area contributed by atoms with Crippen LogP contribution in [-0.4, -0.2) is 44.2 Å². The molecule has 7 heteroatoms. The molecule has 1 aliphatic heterocycles. The second-order valence-electron chi connectivity index (χ2n) is 6.26. The summed E-state index contributed by atoms with van der Waals surface area (Å²) in [6.07, 6.45) is 1.14. The van der Waals surface area contributed by atoms with E-state index in [1.54, 1.807) is 7.11 Å². The molecule has 1 aliphatic rings. The van der Waals surface area contributed by atoms with Crippen molar-refractivity contribution in [3.63, 3.8) is 0 Å². The fourth-order valence-corrected chi connectivity index (χ4v) is 3.01. The number of azide groups is 1. The third-order valence-electron chi connectivity index (χ3n) is 4.77. The van der Waals surface area contributed by atoms with E-state index in [0.717, 1.165) is 12.8 Å². The number of benzene rings is 1. The Bertz CT molecular complexity index is 534. The van der Waals surface area contributed by atoms with Gasteiger partial charge in [-0.3, -0.25) is 9.22 Å². The number of ether oxygens (including phenoxy) is 2. The Balaban J connectivity index is 0.00000264. The zero-order chi connectivity index (χ0) is 16.2. The lowest BCUT2D eigenvalue weighted by atomic mass is 10.0. The third kappa shape index (κ3) is 4.58. The van der Waals surface area contributed by atoms with Crippen LogP contribution in [0, 0.1) is 0 Å². The van der Waals surface area contributed by atoms with Gasteiger partial charge in [-0.15, -0.1) is 0 Å². The molecule has 0 spiro atoms. The summed E-state index contributed by atoms with van der Waals surface area (Å²) in [7, 11) is 5.93. The van der Waals surface area contributed by atoms with Gasteiger partial charge in [0, 0.05) is 24.0 Å². The predicted molar refractivity (Wildman–Crippen MR) is 84.8 cm³/mol. The minimum Gasteiger partial charge on any atom is -1.00 e. The Morgan fingerprint density at radius 2 is 1.96 bits per heavy atom. The molecule has 0 unspecified atom stereocenters. The highest BCUT2D eigenvalue weighted by molar-refractivity contribution is 5.16. The predicted octanol–water partition coefficient (Wildman–Crippen LogP) is 0.616. The van der Waals surface area contributed by atoms with E-state index in [0.29, 0.717) is 10.5 Å². The molecule has 1 aromatic carbocycles. The molecular weight excluding hydrogens is 407 g/mol. The van der Waals surface area contributed by atoms with Crippen LogP contribution >= 0.6 is 0 Å². The molecule has 0 aromatic heterocycles. The summed E-state index contributed by atoms with van der Waals surface area (Å²) >= 11 is 0. The molecule has 6 nitrogen and oxygen atoms in total. The number of methoxy groups -OCH3 is 1. The molecule has 0 aliphatic carbocycles. The first-order valence-electron chi connectivity index (χ1n) is 7.61. The fourth-order valence-electron chi connectivity index (χ4n) is 3.01. The van der Waals surface area contributed by atoms with Crippen LogP contribution in [0.3, 0.4) is 0 Å². The Kier molecular flexibility index (Phi) is 7.76. The molecule has 0 radical (unpaired) electrons. The number of hydrogen-bond acceptors (Lipinski definition) is 3. The van der Waals surface area contributed by atoms with Gasteiger partial charge >= 0.3 is 0 Å². The van der Waals surface area contributed by atoms with E-state index in [1.807, 2.05) is 6.07 Å². The molecule has 1 aromatic rings. The molecule has 0 saturated carbocycles. The fraction of sp³-hybridized carbons (Fsp3) is 0.625. The molecule has 0 amide bonds. The van der Waals surface area contributed by atoms with E-state index >= 15 is 0 Å². The van der Waals surface area contributed by atoms with Gasteiger partial charge in [0.15, 0.2) is 12.5 Å². The van der Waals surface area contributed by atoms with E-state index < -0.39 is 6.29 Å². The summed E-state index contributed by atoms with van der Waals surface area (Å²) in [5.41, 5.74) is 9.92. The Morgan fingerprint density at radius 3 is 2.52 bits per heavy atom. The lowest BCUT2D eigenvalue weighted by molar-refractivity contribution is -0.967. The molecule has 1 fully saturated rings. The molecule has 1 saturated heterocycles. The van der Waals surface area contributed by atoms with Crippen molar-refractivity contribution in [2.24, 2.45) is 5.11 Å². The molecule has 0 bridgehead atoms. The van der Waals surface area contributed by atoms with Gasteiger partial charge < -0.3 is 28.7 Å². The second-order valence-corrected chi connectivity index (χ2v) is 6.26. The zero-order valence-corrected chi connectivity index (χ0v) is 16.3. The largest absolute Gasteiger partial charge is 1.00 e. The van der Waals surface area contributed by atoms with Gasteiger partial charge in [-0.25, -0.2) is 0 Å². The van der Waals surface area contributed by atoms with Crippen LogP contribution in [0.15, 0.2) is 35.4 Å². The van der Waals surface area contributed by atoms with E-state index in [4.69, 9.17) is 15.0 Å². The van der Waals surface area contributed by atoms with Crippen molar-refractivity contribution in [3.8, 4) is 0 Å². The molecule has 128 valence electrons. The van der Waals surface area contributed by atoms with E-state index in [9.17, 15) is 0 Å². The minimum atomic E-state index is -0.477. The van der Waals surface area contributed by atoms with Gasteiger partial charge in [0.05, 0.1) is 20.1 Å². The smallest absolute Gasteiger partial charge is 0.196 e. The second kappa shape index (κ2) is 8.84. The van der Waals surface area contributed by atoms with Crippen LogP contribution in [0.1, 0.15) is 31.4 Å². The van der Waals surface area contributed by atoms with Gasteiger partial charge in [0.2, 0.25) is 0 Å². The molecule has 1 heterocycles. The molecule has 23 heavy (non-hydrogen) atoms. The van der Waals surface area contributed by atoms with Crippen LogP contribution in [-0.2, 0) is 9.47 Å². The third-order valence-corrected chi connectivity index (χ3v) is 4.77. The first-order valence-corrected chi connectivity index (χ1v) is 7.61. The Hall–Kier alpha value is -0.860. The van der Waals surface area contributed by atoms with E-state index in [-0.39, 0.29) is 36.2 Å². The van der Waals surface area contributed by atoms with Crippen molar-refractivity contribution in [1.82, 2.24) is 0 Å². The number of hydrogen-bond donors (Lipinski definition) is 0. The molecular formula is C16H25IN4O2. The maximum atomic E-state index is 8.64. The Labute approximate surface area is 155 Å². The molecule has 2 rings (SSSR count). The summed E-state index contributed by atoms with van der Waals surface area (Å²) in [5, 5.41) is 3.78. The molecule has 4 atom stereocenters. The quantitative estimate of drug-likeness (QED) is 0.225. The van der Waals surface area contributed by atoms with Crippen LogP contribution in [0.4, 0.5) is 0 Å². The summed E-state index contributed by atoms with van der Waals surface area (Å²) in [6, 6.07) is 10.5. The number of rotatable bonds is 5. The van der Waals surface area contributed by atoms with E-state index in [1.165, 1.54) is 5.56 Å². The number of nitrogens with zero attached hydrogens (tertiary/aromatic N) is 4. The van der Waals surface area contributed by atoms with Crippen molar-refractivity contribution in [3.05, 3.63) is 46.3 Å². The lowest BCUT2D eigenvalue weighted by Gasteiger charge is -2.46. The summed E-state index contributed by atoms with van der Waals surface area (Å²) in [5.74, 6) is 0. The summed E-state index contributed by atoms with van der Waals surface area (Å²) in [6.45, 7) is 2.21. The average Bonchev–Trinajstić information content (AvgIpc) is 2.55. The standard InChI is InChI=1S/C16H25N4O2.HI/c1-12(13-8-6-5-7-9-13)20(2,3)15-11-10-14(18-19-17)16(21-4)22-15;/h5-9,12,14-16H,10-11H2,1-4H3;1H/q+1;/p-1/t12-,14-,15+,16+;/m0./s1. The van der Waals surface area contributed by atoms with Crippen molar-refractivity contribution in [2.75, 3.05) is 21.2 Å². The molecule has 0 N–H and O–H groups in total. The minimum absolute atomic E-state index is 0. The van der Waals surface area contributed by atoms with Gasteiger partial charge in [-0.2, -0.15) is 0 Å². The topological polar surface area (TPSA) is 67.2 Å². The van der Waals surface area contributed by atoms with Gasteiger partial charge in [0.1, 0.15) is 6.04 Å². The SMILES string of the molecule is CO[C@@H]1O[C@@H]([N+](C)(C)[C@@H](C)c2ccccc2)CC[C@@H]1N=[N+]=[N-].[I-]. The number of quaternary nitrogens is 1. The van der Waals surface area contributed by atoms with Crippen molar-refractivity contribution >= 4 is 0 Å². The lowest BCUT2D eigenvalue weighted by Crippen LogP contribution is -3.00. The summed E-state index contributed by atoms with van der Waals surface area (Å²) < 4.78 is 12.2. The van der Waals surface area contributed by atoms with Gasteiger partial charge in [-0.05, 0) is 18.9 Å². The normalized spacial score (nSPS) is 25.8. The Morgan fingerprint density at radius 1 is 1.30 bits per heavy atom. The van der Waals surface area contributed by atoms with Crippen LogP contribution < -0.4 is 24.0 Å². The van der Waals surface area contributed by atoms with Crippen molar-refractivity contribution in [2.45, 2.75) is 44.4 Å². The maximum Gasteiger partial charge on any atom is 0.196 e. The van der Waals surface area contributed by atoms with E-state index in [2.05, 4.69) is 55.3 Å². The first-order chi connectivity index (χ1) is 10.5. The highest BCUT2D eigenvalue weighted by Crippen LogP contribution is 2.34. The van der Waals surface area contributed by atoms with Crippen LogP contribution in [0.2, 0.25) is 0 Å². The zero-order valence-electron chi connectivity index (χ0n) is 14.1. The van der Waals surface area contributed by atoms with Gasteiger partial charge in [-0.1, -0.05) is 35.4 Å². The summed E-state index contributed by atoms with van der Waals surface area (Å²) in [4.78, 5) is 2.89. The van der Waals surface area contributed by atoms with Crippen molar-refractivity contribution in [1.29, 1.82) is 0 Å². The average molecular weight is 432 g/mol. The first kappa shape index (κ1) is 20.2. The van der Waals surface area contributed by atoms with Gasteiger partial charge in [0.25, 0.3) is 0 Å². The van der Waals surface area contributed by atoms with Crippen molar-refractivity contribution < 1.29 is 37.9 Å². The van der Waals surface area contributed by atoms with Crippen LogP contribution in [0.25, 0.3) is 10.4 Å². The maximum absolute atomic E-state index is 8.64. The van der Waals surface area contributed by atoms with Crippen LogP contribution in [0.5, 0.6) is 0 Å². The highest BCUT2D eigenvalue weighted by Gasteiger charge is 2.42.